The molecule has 0 aliphatic rings. The third-order valence-electron chi connectivity index (χ3n) is 3.18. The van der Waals surface area contributed by atoms with E-state index in [0.717, 1.165) is 29.5 Å². The normalized spacial score (nSPS) is 11.8. The Balaban J connectivity index is 2.18. The van der Waals surface area contributed by atoms with Crippen molar-refractivity contribution in [2.45, 2.75) is 39.3 Å². The van der Waals surface area contributed by atoms with Crippen LogP contribution in [0.25, 0.3) is 11.0 Å². The molecule has 106 valence electrons. The summed E-state index contributed by atoms with van der Waals surface area (Å²) in [7, 11) is -1.08. The Morgan fingerprint density at radius 2 is 2.10 bits per heavy atom. The van der Waals surface area contributed by atoms with Crippen molar-refractivity contribution in [2.24, 2.45) is 0 Å². The number of rotatable bonds is 5. The Bertz CT molecular complexity index is 651. The second-order valence-electron chi connectivity index (χ2n) is 6.10. The van der Waals surface area contributed by atoms with Crippen LogP contribution in [0, 0.1) is 18.3 Å². The van der Waals surface area contributed by atoms with Gasteiger partial charge in [-0.05, 0) is 13.0 Å². The van der Waals surface area contributed by atoms with Crippen LogP contribution in [0.5, 0.6) is 0 Å². The lowest BCUT2D eigenvalue weighted by molar-refractivity contribution is 0.0885. The fraction of sp³-hybridized carbons (Fsp3) is 0.500. The van der Waals surface area contributed by atoms with E-state index >= 15 is 0 Å². The minimum Gasteiger partial charge on any atom is -0.361 e. The molecule has 20 heavy (non-hydrogen) atoms. The molecule has 2 aromatic heterocycles. The number of nitrogens with zero attached hydrogens (tertiary/aromatic N) is 4. The Morgan fingerprint density at radius 1 is 1.35 bits per heavy atom. The molecule has 0 spiro atoms. The first-order chi connectivity index (χ1) is 9.42. The molecule has 0 saturated carbocycles. The minimum absolute atomic E-state index is 0.436. The van der Waals surface area contributed by atoms with E-state index < -0.39 is 8.07 Å². The number of ether oxygens (including phenoxy) is 1. The zero-order valence-electron chi connectivity index (χ0n) is 12.5. The maximum Gasteiger partial charge on any atom is 0.124 e. The van der Waals surface area contributed by atoms with Crippen molar-refractivity contribution in [3.05, 3.63) is 23.8 Å². The van der Waals surface area contributed by atoms with Gasteiger partial charge in [-0.25, -0.2) is 4.98 Å². The quantitative estimate of drug-likeness (QED) is 0.627. The summed E-state index contributed by atoms with van der Waals surface area (Å²) in [5.41, 5.74) is 2.10. The van der Waals surface area contributed by atoms with Gasteiger partial charge in [-0.1, -0.05) is 19.6 Å². The maximum atomic E-state index is 9.18. The number of aromatic nitrogens is 3. The molecule has 0 aromatic carbocycles. The standard InChI is InChI=1S/C14H20N4OSi/c1-11-17-13-9-16-8-12(7-15)14(13)18(11)10-19-5-6-20(2,3)4/h8-9H,5-6,10H2,1-4H3. The Hall–Kier alpha value is -1.71. The number of hydrogen-bond acceptors (Lipinski definition) is 4. The summed E-state index contributed by atoms with van der Waals surface area (Å²) >= 11 is 0. The lowest BCUT2D eigenvalue weighted by Gasteiger charge is -2.16. The van der Waals surface area contributed by atoms with Crippen LogP contribution in [0.4, 0.5) is 0 Å². The van der Waals surface area contributed by atoms with E-state index in [9.17, 15) is 5.26 Å². The molecule has 0 atom stereocenters. The smallest absolute Gasteiger partial charge is 0.124 e. The molecule has 0 aliphatic heterocycles. The molecule has 0 bridgehead atoms. The highest BCUT2D eigenvalue weighted by Gasteiger charge is 2.14. The summed E-state index contributed by atoms with van der Waals surface area (Å²) in [6.45, 7) is 10.1. The van der Waals surface area contributed by atoms with Gasteiger partial charge >= 0.3 is 0 Å². The second kappa shape index (κ2) is 5.73. The molecule has 5 nitrogen and oxygen atoms in total. The average Bonchev–Trinajstić information content (AvgIpc) is 2.69. The van der Waals surface area contributed by atoms with Crippen LogP contribution >= 0.6 is 0 Å². The maximum absolute atomic E-state index is 9.18. The van der Waals surface area contributed by atoms with Gasteiger partial charge in [-0.3, -0.25) is 4.98 Å². The van der Waals surface area contributed by atoms with E-state index in [1.807, 2.05) is 11.5 Å². The molecular weight excluding hydrogens is 268 g/mol. The average molecular weight is 288 g/mol. The number of aryl methyl sites for hydroxylation is 1. The van der Waals surface area contributed by atoms with Crippen LogP contribution in [0.1, 0.15) is 11.4 Å². The fourth-order valence-electron chi connectivity index (χ4n) is 1.98. The van der Waals surface area contributed by atoms with Gasteiger partial charge in [-0.2, -0.15) is 5.26 Å². The predicted molar refractivity (Wildman–Crippen MR) is 81.1 cm³/mol. The van der Waals surface area contributed by atoms with Gasteiger partial charge in [0.15, 0.2) is 0 Å². The highest BCUT2D eigenvalue weighted by Crippen LogP contribution is 2.19. The second-order valence-corrected chi connectivity index (χ2v) is 11.7. The van der Waals surface area contributed by atoms with Gasteiger partial charge in [0, 0.05) is 20.9 Å². The SMILES string of the molecule is Cc1nc2cncc(C#N)c2n1COCC[Si](C)(C)C. The first-order valence-corrected chi connectivity index (χ1v) is 10.4. The molecular formula is C14H20N4OSi. The molecule has 0 fully saturated rings. The minimum atomic E-state index is -1.08. The van der Waals surface area contributed by atoms with E-state index in [4.69, 9.17) is 4.74 Å². The summed E-state index contributed by atoms with van der Waals surface area (Å²) in [6.07, 6.45) is 3.25. The van der Waals surface area contributed by atoms with E-state index in [2.05, 4.69) is 35.7 Å². The van der Waals surface area contributed by atoms with Crippen molar-refractivity contribution >= 4 is 19.1 Å². The number of pyridine rings is 1. The third kappa shape index (κ3) is 3.24. The molecule has 0 unspecified atom stereocenters. The molecule has 0 saturated heterocycles. The highest BCUT2D eigenvalue weighted by atomic mass is 28.3. The third-order valence-corrected chi connectivity index (χ3v) is 4.88. The Morgan fingerprint density at radius 3 is 2.75 bits per heavy atom. The largest absolute Gasteiger partial charge is 0.361 e. The summed E-state index contributed by atoms with van der Waals surface area (Å²) in [5, 5.41) is 9.18. The van der Waals surface area contributed by atoms with Crippen LogP contribution in [0.3, 0.4) is 0 Å². The Labute approximate surface area is 120 Å². The molecule has 2 heterocycles. The lowest BCUT2D eigenvalue weighted by atomic mass is 10.2. The molecule has 0 amide bonds. The van der Waals surface area contributed by atoms with Crippen LogP contribution in [-0.2, 0) is 11.5 Å². The van der Waals surface area contributed by atoms with Crippen LogP contribution in [0.2, 0.25) is 25.7 Å². The van der Waals surface area contributed by atoms with Gasteiger partial charge < -0.3 is 9.30 Å². The number of hydrogen-bond donors (Lipinski definition) is 0. The monoisotopic (exact) mass is 288 g/mol. The molecule has 0 N–H and O–H groups in total. The highest BCUT2D eigenvalue weighted by molar-refractivity contribution is 6.76. The number of fused-ring (bicyclic) bond motifs is 1. The van der Waals surface area contributed by atoms with Gasteiger partial charge in [0.25, 0.3) is 0 Å². The molecule has 2 rings (SSSR count). The van der Waals surface area contributed by atoms with Crippen LogP contribution in [-0.4, -0.2) is 29.2 Å². The zero-order valence-corrected chi connectivity index (χ0v) is 13.5. The van der Waals surface area contributed by atoms with Crippen LogP contribution in [0.15, 0.2) is 12.4 Å². The van der Waals surface area contributed by atoms with Crippen molar-refractivity contribution in [2.75, 3.05) is 6.61 Å². The first-order valence-electron chi connectivity index (χ1n) is 6.71. The van der Waals surface area contributed by atoms with Gasteiger partial charge in [0.1, 0.15) is 24.1 Å². The lowest BCUT2D eigenvalue weighted by Crippen LogP contribution is -2.22. The van der Waals surface area contributed by atoms with E-state index in [1.165, 1.54) is 0 Å². The number of imidazole rings is 1. The van der Waals surface area contributed by atoms with E-state index in [-0.39, 0.29) is 0 Å². The van der Waals surface area contributed by atoms with Crippen molar-refractivity contribution in [1.82, 2.24) is 14.5 Å². The first kappa shape index (κ1) is 14.7. The molecule has 0 radical (unpaired) electrons. The Kier molecular flexibility index (Phi) is 4.21. The van der Waals surface area contributed by atoms with E-state index in [0.29, 0.717) is 12.3 Å². The predicted octanol–water partition coefficient (Wildman–Crippen LogP) is 2.92. The zero-order chi connectivity index (χ0) is 14.8. The molecule has 0 aliphatic carbocycles. The summed E-state index contributed by atoms with van der Waals surface area (Å²) in [5.74, 6) is 0.845. The van der Waals surface area contributed by atoms with Crippen molar-refractivity contribution in [3.8, 4) is 6.07 Å². The topological polar surface area (TPSA) is 63.7 Å². The number of nitriles is 1. The summed E-state index contributed by atoms with van der Waals surface area (Å²) in [6, 6.07) is 3.30. The molecule has 6 heteroatoms. The van der Waals surface area contributed by atoms with Gasteiger partial charge in [-0.15, -0.1) is 0 Å². The summed E-state index contributed by atoms with van der Waals surface area (Å²) < 4.78 is 7.71. The van der Waals surface area contributed by atoms with E-state index in [1.54, 1.807) is 12.4 Å². The summed E-state index contributed by atoms with van der Waals surface area (Å²) in [4.78, 5) is 8.46. The fourth-order valence-corrected chi connectivity index (χ4v) is 2.74. The van der Waals surface area contributed by atoms with Crippen LogP contribution < -0.4 is 0 Å². The van der Waals surface area contributed by atoms with Crippen molar-refractivity contribution in [3.63, 3.8) is 0 Å². The van der Waals surface area contributed by atoms with Gasteiger partial charge in [0.05, 0.1) is 17.3 Å². The molecule has 2 aromatic rings. The van der Waals surface area contributed by atoms with Crippen molar-refractivity contribution in [1.29, 1.82) is 5.26 Å². The van der Waals surface area contributed by atoms with Gasteiger partial charge in [0.2, 0.25) is 0 Å². The van der Waals surface area contributed by atoms with Crippen molar-refractivity contribution < 1.29 is 4.74 Å².